The number of carbonyl (C=O) groups is 1. The third kappa shape index (κ3) is 2.41. The van der Waals surface area contributed by atoms with Gasteiger partial charge < -0.3 is 10.8 Å². The zero-order chi connectivity index (χ0) is 13.1. The highest BCUT2D eigenvalue weighted by molar-refractivity contribution is 5.76. The van der Waals surface area contributed by atoms with Crippen LogP contribution >= 0.6 is 0 Å². The second kappa shape index (κ2) is 5.02. The molecular weight excluding hydrogens is 226 g/mol. The quantitative estimate of drug-likeness (QED) is 0.868. The maximum atomic E-state index is 10.9. The molecule has 3 nitrogen and oxygen atoms in total. The summed E-state index contributed by atoms with van der Waals surface area (Å²) in [5, 5.41) is 8.92. The number of rotatable bonds is 3. The number of aliphatic carboxylic acids is 1. The molecule has 0 heterocycles. The van der Waals surface area contributed by atoms with Crippen LogP contribution in [0, 0.1) is 6.92 Å². The molecule has 2 rings (SSSR count). The summed E-state index contributed by atoms with van der Waals surface area (Å²) in [7, 11) is 0. The molecule has 0 bridgehead atoms. The Morgan fingerprint density at radius 3 is 2.33 bits per heavy atom. The Bertz CT molecular complexity index is 564. The van der Waals surface area contributed by atoms with Gasteiger partial charge in [-0.25, -0.2) is 0 Å². The number of benzene rings is 2. The summed E-state index contributed by atoms with van der Waals surface area (Å²) in [6, 6.07) is 14.6. The fourth-order valence-electron chi connectivity index (χ4n) is 1.97. The van der Waals surface area contributed by atoms with Crippen LogP contribution in [-0.4, -0.2) is 11.1 Å². The molecular formula is C15H15NO2. The molecule has 1 atom stereocenters. The Labute approximate surface area is 106 Å². The van der Waals surface area contributed by atoms with Crippen molar-refractivity contribution in [1.29, 1.82) is 0 Å². The number of hydrogen-bond donors (Lipinski definition) is 2. The number of aryl methyl sites for hydroxylation is 1. The molecule has 1 unspecified atom stereocenters. The van der Waals surface area contributed by atoms with Crippen molar-refractivity contribution in [3.63, 3.8) is 0 Å². The Balaban J connectivity index is 2.40. The molecule has 0 aliphatic heterocycles. The van der Waals surface area contributed by atoms with Gasteiger partial charge in [-0.2, -0.15) is 0 Å². The summed E-state index contributed by atoms with van der Waals surface area (Å²) < 4.78 is 0. The predicted molar refractivity (Wildman–Crippen MR) is 71.2 cm³/mol. The average molecular weight is 241 g/mol. The lowest BCUT2D eigenvalue weighted by Crippen LogP contribution is -2.21. The highest BCUT2D eigenvalue weighted by Gasteiger charge is 2.16. The summed E-state index contributed by atoms with van der Waals surface area (Å²) >= 11 is 0. The fraction of sp³-hybridized carbons (Fsp3) is 0.133. The largest absolute Gasteiger partial charge is 0.480 e. The number of hydrogen-bond acceptors (Lipinski definition) is 2. The first kappa shape index (κ1) is 12.3. The molecule has 0 fully saturated rings. The summed E-state index contributed by atoms with van der Waals surface area (Å²) in [5.41, 5.74) is 9.35. The summed E-state index contributed by atoms with van der Waals surface area (Å²) in [6.45, 7) is 1.88. The van der Waals surface area contributed by atoms with Crippen molar-refractivity contribution < 1.29 is 9.90 Å². The van der Waals surface area contributed by atoms with Gasteiger partial charge >= 0.3 is 5.97 Å². The van der Waals surface area contributed by atoms with E-state index in [1.165, 1.54) is 0 Å². The number of carboxylic acid groups (broad SMARTS) is 1. The zero-order valence-electron chi connectivity index (χ0n) is 10.1. The molecule has 0 aliphatic rings. The van der Waals surface area contributed by atoms with Crippen molar-refractivity contribution in [2.75, 3.05) is 0 Å². The SMILES string of the molecule is Cc1cc(-c2ccccc2)ccc1C(N)C(=O)O. The minimum absolute atomic E-state index is 0.655. The van der Waals surface area contributed by atoms with Crippen molar-refractivity contribution in [1.82, 2.24) is 0 Å². The second-order valence-corrected chi connectivity index (χ2v) is 4.25. The van der Waals surface area contributed by atoms with E-state index in [-0.39, 0.29) is 0 Å². The number of carboxylic acids is 1. The maximum absolute atomic E-state index is 10.9. The summed E-state index contributed by atoms with van der Waals surface area (Å²) in [4.78, 5) is 10.9. The van der Waals surface area contributed by atoms with Crippen molar-refractivity contribution >= 4 is 5.97 Å². The third-order valence-electron chi connectivity index (χ3n) is 2.98. The number of nitrogens with two attached hydrogens (primary N) is 1. The third-order valence-corrected chi connectivity index (χ3v) is 2.98. The lowest BCUT2D eigenvalue weighted by molar-refractivity contribution is -0.138. The van der Waals surface area contributed by atoms with Gasteiger partial charge in [-0.15, -0.1) is 0 Å². The Kier molecular flexibility index (Phi) is 3.44. The smallest absolute Gasteiger partial charge is 0.325 e. The molecule has 0 amide bonds. The van der Waals surface area contributed by atoms with Gasteiger partial charge in [-0.05, 0) is 29.2 Å². The van der Waals surface area contributed by atoms with Gasteiger partial charge in [0.05, 0.1) is 0 Å². The van der Waals surface area contributed by atoms with E-state index in [9.17, 15) is 4.79 Å². The van der Waals surface area contributed by atoms with Crippen LogP contribution in [0.4, 0.5) is 0 Å². The normalized spacial score (nSPS) is 12.1. The predicted octanol–water partition coefficient (Wildman–Crippen LogP) is 2.75. The Morgan fingerprint density at radius 2 is 1.78 bits per heavy atom. The standard InChI is InChI=1S/C15H15NO2/c1-10-9-12(11-5-3-2-4-6-11)7-8-13(10)14(16)15(17)18/h2-9,14H,16H2,1H3,(H,17,18). The van der Waals surface area contributed by atoms with Crippen molar-refractivity contribution in [3.8, 4) is 11.1 Å². The molecule has 0 saturated carbocycles. The highest BCUT2D eigenvalue weighted by atomic mass is 16.4. The molecule has 3 N–H and O–H groups in total. The van der Waals surface area contributed by atoms with E-state index in [4.69, 9.17) is 10.8 Å². The van der Waals surface area contributed by atoms with Gasteiger partial charge in [0, 0.05) is 0 Å². The summed E-state index contributed by atoms with van der Waals surface area (Å²) in [6.07, 6.45) is 0. The lowest BCUT2D eigenvalue weighted by atomic mass is 9.96. The van der Waals surface area contributed by atoms with E-state index >= 15 is 0 Å². The molecule has 0 saturated heterocycles. The average Bonchev–Trinajstić information content (AvgIpc) is 2.38. The van der Waals surface area contributed by atoms with E-state index in [1.54, 1.807) is 6.07 Å². The van der Waals surface area contributed by atoms with Crippen LogP contribution < -0.4 is 5.73 Å². The second-order valence-electron chi connectivity index (χ2n) is 4.25. The van der Waals surface area contributed by atoms with Gasteiger partial charge in [-0.1, -0.05) is 48.5 Å². The van der Waals surface area contributed by atoms with Gasteiger partial charge in [-0.3, -0.25) is 4.79 Å². The minimum atomic E-state index is -1.01. The van der Waals surface area contributed by atoms with Crippen molar-refractivity contribution in [3.05, 3.63) is 59.7 Å². The van der Waals surface area contributed by atoms with E-state index in [0.29, 0.717) is 5.56 Å². The fourth-order valence-corrected chi connectivity index (χ4v) is 1.97. The lowest BCUT2D eigenvalue weighted by Gasteiger charge is -2.12. The highest BCUT2D eigenvalue weighted by Crippen LogP contribution is 2.24. The van der Waals surface area contributed by atoms with Crippen LogP contribution in [0.25, 0.3) is 11.1 Å². The summed E-state index contributed by atoms with van der Waals surface area (Å²) in [5.74, 6) is -1.01. The van der Waals surface area contributed by atoms with E-state index < -0.39 is 12.0 Å². The molecule has 0 aromatic heterocycles. The van der Waals surface area contributed by atoms with Crippen molar-refractivity contribution in [2.45, 2.75) is 13.0 Å². The van der Waals surface area contributed by atoms with Crippen LogP contribution in [0.1, 0.15) is 17.2 Å². The van der Waals surface area contributed by atoms with E-state index in [2.05, 4.69) is 0 Å². The molecule has 18 heavy (non-hydrogen) atoms. The first-order valence-corrected chi connectivity index (χ1v) is 5.74. The monoisotopic (exact) mass is 241 g/mol. The molecule has 92 valence electrons. The Hall–Kier alpha value is -2.13. The van der Waals surface area contributed by atoms with Gasteiger partial charge in [0.25, 0.3) is 0 Å². The topological polar surface area (TPSA) is 63.3 Å². The minimum Gasteiger partial charge on any atom is -0.480 e. The van der Waals surface area contributed by atoms with Crippen molar-refractivity contribution in [2.24, 2.45) is 5.73 Å². The molecule has 2 aromatic carbocycles. The van der Waals surface area contributed by atoms with Crippen LogP contribution in [-0.2, 0) is 4.79 Å². The van der Waals surface area contributed by atoms with E-state index in [1.807, 2.05) is 49.4 Å². The molecule has 2 aromatic rings. The van der Waals surface area contributed by atoms with Crippen LogP contribution in [0.2, 0.25) is 0 Å². The Morgan fingerprint density at radius 1 is 1.11 bits per heavy atom. The van der Waals surface area contributed by atoms with Crippen LogP contribution in [0.15, 0.2) is 48.5 Å². The first-order chi connectivity index (χ1) is 8.59. The van der Waals surface area contributed by atoms with Gasteiger partial charge in [0.2, 0.25) is 0 Å². The first-order valence-electron chi connectivity index (χ1n) is 5.74. The van der Waals surface area contributed by atoms with Crippen LogP contribution in [0.3, 0.4) is 0 Å². The zero-order valence-corrected chi connectivity index (χ0v) is 10.1. The molecule has 0 aliphatic carbocycles. The molecule has 3 heteroatoms. The molecule has 0 spiro atoms. The molecule has 0 radical (unpaired) electrons. The van der Waals surface area contributed by atoms with E-state index in [0.717, 1.165) is 16.7 Å². The van der Waals surface area contributed by atoms with Crippen LogP contribution in [0.5, 0.6) is 0 Å². The van der Waals surface area contributed by atoms with Gasteiger partial charge in [0.1, 0.15) is 6.04 Å². The maximum Gasteiger partial charge on any atom is 0.325 e. The van der Waals surface area contributed by atoms with Gasteiger partial charge in [0.15, 0.2) is 0 Å².